The molecule has 0 spiro atoms. The molecule has 1 N–H and O–H groups in total. The van der Waals surface area contributed by atoms with E-state index in [-0.39, 0.29) is 5.88 Å². The third-order valence-corrected chi connectivity index (χ3v) is 2.09. The van der Waals surface area contributed by atoms with Crippen LogP contribution in [-0.4, -0.2) is 14.9 Å². The van der Waals surface area contributed by atoms with Gasteiger partial charge in [-0.2, -0.15) is 5.10 Å². The molecule has 1 aromatic carbocycles. The van der Waals surface area contributed by atoms with Crippen LogP contribution < -0.4 is 0 Å². The number of aromatic hydroxyl groups is 1. The fourth-order valence-electron chi connectivity index (χ4n) is 1.36. The number of benzene rings is 1. The summed E-state index contributed by atoms with van der Waals surface area (Å²) in [5.41, 5.74) is 2.88. The van der Waals surface area contributed by atoms with Crippen molar-refractivity contribution in [1.29, 1.82) is 0 Å². The molecule has 0 amide bonds. The highest BCUT2D eigenvalue weighted by atomic mass is 16.3. The van der Waals surface area contributed by atoms with Gasteiger partial charge in [0, 0.05) is 6.07 Å². The van der Waals surface area contributed by atoms with Crippen LogP contribution >= 0.6 is 0 Å². The molecule has 1 heterocycles. The summed E-state index contributed by atoms with van der Waals surface area (Å²) in [5, 5.41) is 13.7. The van der Waals surface area contributed by atoms with E-state index in [1.54, 1.807) is 6.07 Å². The summed E-state index contributed by atoms with van der Waals surface area (Å²) in [5.74, 6) is 0.173. The second-order valence-corrected chi connectivity index (χ2v) is 3.39. The quantitative estimate of drug-likeness (QED) is 0.745. The number of aromatic nitrogens is 2. The largest absolute Gasteiger partial charge is 0.493 e. The van der Waals surface area contributed by atoms with Gasteiger partial charge in [-0.25, -0.2) is 4.68 Å². The molecule has 0 fully saturated rings. The maximum absolute atomic E-state index is 9.55. The van der Waals surface area contributed by atoms with E-state index in [4.69, 9.17) is 0 Å². The highest BCUT2D eigenvalue weighted by Crippen LogP contribution is 2.17. The summed E-state index contributed by atoms with van der Waals surface area (Å²) in [6.45, 7) is 3.88. The number of hydrogen-bond acceptors (Lipinski definition) is 2. The molecule has 2 rings (SSSR count). The molecule has 0 saturated heterocycles. The molecule has 1 aromatic heterocycles. The molecule has 0 radical (unpaired) electrons. The van der Waals surface area contributed by atoms with Crippen LogP contribution in [0.15, 0.2) is 30.3 Å². The smallest absolute Gasteiger partial charge is 0.214 e. The van der Waals surface area contributed by atoms with Gasteiger partial charge in [0.25, 0.3) is 0 Å². The van der Waals surface area contributed by atoms with Gasteiger partial charge in [-0.15, -0.1) is 0 Å². The predicted molar refractivity (Wildman–Crippen MR) is 54.7 cm³/mol. The number of rotatable bonds is 1. The number of hydrogen-bond donors (Lipinski definition) is 1. The Bertz CT molecular complexity index is 443. The first-order valence-electron chi connectivity index (χ1n) is 4.49. The van der Waals surface area contributed by atoms with Crippen LogP contribution in [0, 0.1) is 13.8 Å². The minimum Gasteiger partial charge on any atom is -0.493 e. The standard InChI is InChI=1S/C11H12N2O/c1-8-3-5-10(6-4-8)13-11(14)7-9(2)12-13/h3-7,14H,1-2H3. The van der Waals surface area contributed by atoms with E-state index in [0.717, 1.165) is 11.4 Å². The molecular weight excluding hydrogens is 176 g/mol. The summed E-state index contributed by atoms with van der Waals surface area (Å²) >= 11 is 0. The van der Waals surface area contributed by atoms with Crippen molar-refractivity contribution in [3.05, 3.63) is 41.6 Å². The van der Waals surface area contributed by atoms with Crippen molar-refractivity contribution in [3.8, 4) is 11.6 Å². The molecule has 0 aliphatic heterocycles. The van der Waals surface area contributed by atoms with E-state index in [1.807, 2.05) is 38.1 Å². The number of aryl methyl sites for hydroxylation is 2. The van der Waals surface area contributed by atoms with Gasteiger partial charge in [-0.05, 0) is 26.0 Å². The Morgan fingerprint density at radius 1 is 1.14 bits per heavy atom. The Labute approximate surface area is 82.6 Å². The second kappa shape index (κ2) is 3.18. The summed E-state index contributed by atoms with van der Waals surface area (Å²) < 4.78 is 1.52. The zero-order valence-corrected chi connectivity index (χ0v) is 8.23. The minimum atomic E-state index is 0.173. The van der Waals surface area contributed by atoms with Gasteiger partial charge in [0.2, 0.25) is 5.88 Å². The fourth-order valence-corrected chi connectivity index (χ4v) is 1.36. The van der Waals surface area contributed by atoms with Gasteiger partial charge in [0.05, 0.1) is 11.4 Å². The van der Waals surface area contributed by atoms with Gasteiger partial charge >= 0.3 is 0 Å². The summed E-state index contributed by atoms with van der Waals surface area (Å²) in [6, 6.07) is 9.49. The molecule has 0 atom stereocenters. The van der Waals surface area contributed by atoms with E-state index < -0.39 is 0 Å². The van der Waals surface area contributed by atoms with Crippen LogP contribution in [0.3, 0.4) is 0 Å². The Hall–Kier alpha value is -1.77. The van der Waals surface area contributed by atoms with Crippen LogP contribution in [0.4, 0.5) is 0 Å². The molecule has 2 aromatic rings. The Kier molecular flexibility index (Phi) is 2.00. The Morgan fingerprint density at radius 3 is 2.29 bits per heavy atom. The second-order valence-electron chi connectivity index (χ2n) is 3.39. The van der Waals surface area contributed by atoms with Crippen molar-refractivity contribution in [2.24, 2.45) is 0 Å². The molecule has 3 heteroatoms. The van der Waals surface area contributed by atoms with Crippen molar-refractivity contribution in [2.45, 2.75) is 13.8 Å². The summed E-state index contributed by atoms with van der Waals surface area (Å²) in [4.78, 5) is 0. The van der Waals surface area contributed by atoms with E-state index in [2.05, 4.69) is 5.10 Å². The predicted octanol–water partition coefficient (Wildman–Crippen LogP) is 2.19. The zero-order chi connectivity index (χ0) is 10.1. The SMILES string of the molecule is Cc1ccc(-n2nc(C)cc2O)cc1. The zero-order valence-electron chi connectivity index (χ0n) is 8.23. The lowest BCUT2D eigenvalue weighted by Gasteiger charge is -2.02. The van der Waals surface area contributed by atoms with Crippen molar-refractivity contribution in [1.82, 2.24) is 9.78 Å². The average molecular weight is 188 g/mol. The van der Waals surface area contributed by atoms with Gasteiger partial charge < -0.3 is 5.11 Å². The van der Waals surface area contributed by atoms with E-state index in [1.165, 1.54) is 10.2 Å². The summed E-state index contributed by atoms with van der Waals surface area (Å²) in [6.07, 6.45) is 0. The molecule has 3 nitrogen and oxygen atoms in total. The topological polar surface area (TPSA) is 38.0 Å². The van der Waals surface area contributed by atoms with E-state index in [0.29, 0.717) is 0 Å². The maximum atomic E-state index is 9.55. The first-order valence-corrected chi connectivity index (χ1v) is 4.49. The molecule has 0 aliphatic rings. The molecule has 0 saturated carbocycles. The first-order chi connectivity index (χ1) is 6.66. The normalized spacial score (nSPS) is 10.4. The monoisotopic (exact) mass is 188 g/mol. The third kappa shape index (κ3) is 1.48. The summed E-state index contributed by atoms with van der Waals surface area (Å²) in [7, 11) is 0. The van der Waals surface area contributed by atoms with Gasteiger partial charge in [0.1, 0.15) is 0 Å². The van der Waals surface area contributed by atoms with E-state index in [9.17, 15) is 5.11 Å². The lowest BCUT2D eigenvalue weighted by atomic mass is 10.2. The van der Waals surface area contributed by atoms with Crippen LogP contribution in [0.1, 0.15) is 11.3 Å². The van der Waals surface area contributed by atoms with Crippen LogP contribution in [0.5, 0.6) is 5.88 Å². The average Bonchev–Trinajstić information content (AvgIpc) is 2.47. The molecule has 0 bridgehead atoms. The molecular formula is C11H12N2O. The van der Waals surface area contributed by atoms with Crippen LogP contribution in [0.25, 0.3) is 5.69 Å². The number of nitrogens with zero attached hydrogens (tertiary/aromatic N) is 2. The van der Waals surface area contributed by atoms with Gasteiger partial charge in [-0.3, -0.25) is 0 Å². The van der Waals surface area contributed by atoms with Crippen molar-refractivity contribution in [3.63, 3.8) is 0 Å². The highest BCUT2D eigenvalue weighted by Gasteiger charge is 2.04. The Balaban J connectivity index is 2.49. The third-order valence-electron chi connectivity index (χ3n) is 2.09. The van der Waals surface area contributed by atoms with Gasteiger partial charge in [-0.1, -0.05) is 17.7 Å². The molecule has 14 heavy (non-hydrogen) atoms. The first kappa shape index (κ1) is 8.81. The van der Waals surface area contributed by atoms with Crippen LogP contribution in [-0.2, 0) is 0 Å². The van der Waals surface area contributed by atoms with Crippen molar-refractivity contribution >= 4 is 0 Å². The molecule has 0 aliphatic carbocycles. The van der Waals surface area contributed by atoms with Crippen LogP contribution in [0.2, 0.25) is 0 Å². The Morgan fingerprint density at radius 2 is 1.79 bits per heavy atom. The molecule has 0 unspecified atom stereocenters. The molecule has 72 valence electrons. The highest BCUT2D eigenvalue weighted by molar-refractivity contribution is 5.37. The van der Waals surface area contributed by atoms with Crippen molar-refractivity contribution in [2.75, 3.05) is 0 Å². The van der Waals surface area contributed by atoms with Crippen molar-refractivity contribution < 1.29 is 5.11 Å². The lowest BCUT2D eigenvalue weighted by Crippen LogP contribution is -1.95. The fraction of sp³-hybridized carbons (Fsp3) is 0.182. The lowest BCUT2D eigenvalue weighted by molar-refractivity contribution is 0.433. The van der Waals surface area contributed by atoms with E-state index >= 15 is 0 Å². The van der Waals surface area contributed by atoms with Gasteiger partial charge in [0.15, 0.2) is 0 Å². The maximum Gasteiger partial charge on any atom is 0.214 e. The minimum absolute atomic E-state index is 0.173.